The molecule has 0 atom stereocenters. The fourth-order valence-corrected chi connectivity index (χ4v) is 4.92. The van der Waals surface area contributed by atoms with Gasteiger partial charge in [0.2, 0.25) is 10.0 Å². The number of ether oxygens (including phenoxy) is 2. The van der Waals surface area contributed by atoms with Gasteiger partial charge in [0.05, 0.1) is 23.8 Å². The Labute approximate surface area is 199 Å². The molecule has 1 heterocycles. The number of amides is 1. The Balaban J connectivity index is 1.68. The molecule has 0 bridgehead atoms. The van der Waals surface area contributed by atoms with Crippen molar-refractivity contribution in [2.75, 3.05) is 31.6 Å². The van der Waals surface area contributed by atoms with Gasteiger partial charge in [0.15, 0.2) is 5.75 Å². The predicted molar refractivity (Wildman–Crippen MR) is 125 cm³/mol. The minimum absolute atomic E-state index is 0.0157. The van der Waals surface area contributed by atoms with Gasteiger partial charge in [0.1, 0.15) is 11.6 Å². The second-order valence-corrected chi connectivity index (χ2v) is 10.0. The molecular weight excluding hydrogens is 515 g/mol. The number of nitrogens with zero attached hydrogens (tertiary/aromatic N) is 1. The quantitative estimate of drug-likeness (QED) is 0.497. The van der Waals surface area contributed by atoms with Crippen LogP contribution in [0.4, 0.5) is 10.1 Å². The Morgan fingerprint density at radius 1 is 1.00 bits per heavy atom. The van der Waals surface area contributed by atoms with Gasteiger partial charge in [-0.25, -0.2) is 12.8 Å². The molecule has 0 spiro atoms. The van der Waals surface area contributed by atoms with E-state index in [1.165, 1.54) is 46.8 Å². The summed E-state index contributed by atoms with van der Waals surface area (Å²) in [5.74, 6) is -0.308. The van der Waals surface area contributed by atoms with E-state index >= 15 is 0 Å². The van der Waals surface area contributed by atoms with Crippen molar-refractivity contribution in [3.63, 3.8) is 0 Å². The van der Waals surface area contributed by atoms with E-state index in [2.05, 4.69) is 21.2 Å². The molecule has 33 heavy (non-hydrogen) atoms. The van der Waals surface area contributed by atoms with Crippen molar-refractivity contribution in [1.29, 1.82) is 0 Å². The molecule has 7 nitrogen and oxygen atoms in total. The van der Waals surface area contributed by atoms with Crippen LogP contribution in [0.15, 0.2) is 76.1 Å². The van der Waals surface area contributed by atoms with Gasteiger partial charge < -0.3 is 14.8 Å². The summed E-state index contributed by atoms with van der Waals surface area (Å²) in [6.45, 7) is 1.13. The van der Waals surface area contributed by atoms with Crippen molar-refractivity contribution >= 4 is 37.5 Å². The highest BCUT2D eigenvalue weighted by Crippen LogP contribution is 2.33. The number of hydrogen-bond donors (Lipinski definition) is 1. The van der Waals surface area contributed by atoms with Gasteiger partial charge in [0.25, 0.3) is 5.91 Å². The topological polar surface area (TPSA) is 84.9 Å². The predicted octanol–water partition coefficient (Wildman–Crippen LogP) is 4.65. The summed E-state index contributed by atoms with van der Waals surface area (Å²) < 4.78 is 52.7. The summed E-state index contributed by atoms with van der Waals surface area (Å²) in [4.78, 5) is 12.8. The second-order valence-electron chi connectivity index (χ2n) is 7.19. The van der Waals surface area contributed by atoms with Crippen LogP contribution in [0.1, 0.15) is 10.4 Å². The van der Waals surface area contributed by atoms with Crippen LogP contribution in [0.5, 0.6) is 11.5 Å². The van der Waals surface area contributed by atoms with E-state index in [0.717, 1.165) is 4.47 Å². The van der Waals surface area contributed by atoms with Gasteiger partial charge in [-0.3, -0.25) is 4.79 Å². The first-order valence-electron chi connectivity index (χ1n) is 10.1. The molecule has 0 aliphatic carbocycles. The number of benzene rings is 3. The van der Waals surface area contributed by atoms with Gasteiger partial charge in [-0.1, -0.05) is 15.9 Å². The number of anilines is 1. The molecule has 0 saturated carbocycles. The Bertz CT molecular complexity index is 1240. The first-order valence-corrected chi connectivity index (χ1v) is 12.3. The molecule has 0 radical (unpaired) electrons. The SMILES string of the molecule is O=C(Nc1cc(S(=O)(=O)N2CCOCC2)ccc1Oc1ccc(F)cc1)c1ccc(Br)cc1. The van der Waals surface area contributed by atoms with E-state index in [1.54, 1.807) is 24.3 Å². The van der Waals surface area contributed by atoms with Crippen molar-refractivity contribution in [2.24, 2.45) is 0 Å². The van der Waals surface area contributed by atoms with Crippen molar-refractivity contribution < 1.29 is 27.1 Å². The maximum atomic E-state index is 13.3. The molecule has 0 aromatic heterocycles. The van der Waals surface area contributed by atoms with Gasteiger partial charge in [-0.05, 0) is 66.7 Å². The number of hydrogen-bond acceptors (Lipinski definition) is 5. The van der Waals surface area contributed by atoms with Crippen LogP contribution in [0.25, 0.3) is 0 Å². The lowest BCUT2D eigenvalue weighted by Crippen LogP contribution is -2.40. The van der Waals surface area contributed by atoms with E-state index in [4.69, 9.17) is 9.47 Å². The summed E-state index contributed by atoms with van der Waals surface area (Å²) in [5.41, 5.74) is 0.550. The molecule has 1 N–H and O–H groups in total. The third-order valence-corrected chi connectivity index (χ3v) is 7.38. The zero-order chi connectivity index (χ0) is 23.4. The van der Waals surface area contributed by atoms with Crippen molar-refractivity contribution in [1.82, 2.24) is 4.31 Å². The third-order valence-electron chi connectivity index (χ3n) is 4.95. The third kappa shape index (κ3) is 5.59. The van der Waals surface area contributed by atoms with E-state index in [9.17, 15) is 17.6 Å². The Morgan fingerprint density at radius 3 is 2.33 bits per heavy atom. The number of carbonyl (C=O) groups excluding carboxylic acids is 1. The summed E-state index contributed by atoms with van der Waals surface area (Å²) in [5, 5.41) is 2.73. The van der Waals surface area contributed by atoms with Crippen molar-refractivity contribution in [3.05, 3.63) is 82.6 Å². The number of sulfonamides is 1. The zero-order valence-corrected chi connectivity index (χ0v) is 19.7. The molecule has 1 aliphatic heterocycles. The summed E-state index contributed by atoms with van der Waals surface area (Å²) in [7, 11) is -3.80. The van der Waals surface area contributed by atoms with E-state index in [0.29, 0.717) is 24.5 Å². The molecule has 4 rings (SSSR count). The molecule has 3 aromatic carbocycles. The summed E-state index contributed by atoms with van der Waals surface area (Å²) >= 11 is 3.33. The normalized spacial score (nSPS) is 14.6. The number of halogens is 2. The lowest BCUT2D eigenvalue weighted by atomic mass is 10.2. The maximum absolute atomic E-state index is 13.3. The van der Waals surface area contributed by atoms with Crippen molar-refractivity contribution in [2.45, 2.75) is 4.90 Å². The fraction of sp³-hybridized carbons (Fsp3) is 0.174. The van der Waals surface area contributed by atoms with Gasteiger partial charge in [-0.15, -0.1) is 0 Å². The van der Waals surface area contributed by atoms with Gasteiger partial charge >= 0.3 is 0 Å². The number of carbonyl (C=O) groups is 1. The largest absolute Gasteiger partial charge is 0.455 e. The van der Waals surface area contributed by atoms with Gasteiger partial charge in [0, 0.05) is 23.1 Å². The molecule has 3 aromatic rings. The second kappa shape index (κ2) is 10.0. The minimum atomic E-state index is -3.80. The van der Waals surface area contributed by atoms with Crippen LogP contribution >= 0.6 is 15.9 Å². The first kappa shape index (κ1) is 23.4. The monoisotopic (exact) mass is 534 g/mol. The van der Waals surface area contributed by atoms with Crippen LogP contribution in [-0.4, -0.2) is 44.9 Å². The lowest BCUT2D eigenvalue weighted by molar-refractivity contribution is 0.0730. The molecule has 1 amide bonds. The lowest BCUT2D eigenvalue weighted by Gasteiger charge is -2.26. The molecule has 10 heteroatoms. The van der Waals surface area contributed by atoms with Gasteiger partial charge in [-0.2, -0.15) is 4.31 Å². The zero-order valence-electron chi connectivity index (χ0n) is 17.3. The standard InChI is InChI=1S/C23H20BrFN2O5S/c24-17-3-1-16(2-4-17)23(28)26-21-15-20(33(29,30)27-11-13-31-14-12-27)9-10-22(21)32-19-7-5-18(25)6-8-19/h1-10,15H,11-14H2,(H,26,28). The molecule has 1 fully saturated rings. The highest BCUT2D eigenvalue weighted by Gasteiger charge is 2.27. The molecule has 1 aliphatic rings. The highest BCUT2D eigenvalue weighted by molar-refractivity contribution is 9.10. The van der Waals surface area contributed by atoms with Crippen LogP contribution in [0.2, 0.25) is 0 Å². The average Bonchev–Trinajstić information content (AvgIpc) is 2.82. The summed E-state index contributed by atoms with van der Waals surface area (Å²) in [6.07, 6.45) is 0. The molecule has 1 saturated heterocycles. The maximum Gasteiger partial charge on any atom is 0.255 e. The van der Waals surface area contributed by atoms with Crippen LogP contribution in [0, 0.1) is 5.82 Å². The summed E-state index contributed by atoms with van der Waals surface area (Å²) in [6, 6.07) is 16.3. The number of nitrogens with one attached hydrogen (secondary N) is 1. The van der Waals surface area contributed by atoms with Crippen molar-refractivity contribution in [3.8, 4) is 11.5 Å². The highest BCUT2D eigenvalue weighted by atomic mass is 79.9. The van der Waals surface area contributed by atoms with Crippen LogP contribution < -0.4 is 10.1 Å². The first-order chi connectivity index (χ1) is 15.8. The number of rotatable bonds is 6. The fourth-order valence-electron chi connectivity index (χ4n) is 3.22. The van der Waals surface area contributed by atoms with Crippen LogP contribution in [0.3, 0.4) is 0 Å². The minimum Gasteiger partial charge on any atom is -0.455 e. The van der Waals surface area contributed by atoms with E-state index < -0.39 is 21.7 Å². The Hall–Kier alpha value is -2.79. The average molecular weight is 535 g/mol. The molecular formula is C23H20BrFN2O5S. The Kier molecular flexibility index (Phi) is 7.08. The smallest absolute Gasteiger partial charge is 0.255 e. The van der Waals surface area contributed by atoms with Crippen LogP contribution in [-0.2, 0) is 14.8 Å². The van der Waals surface area contributed by atoms with E-state index in [-0.39, 0.29) is 29.4 Å². The van der Waals surface area contributed by atoms with E-state index in [1.807, 2.05) is 0 Å². The Morgan fingerprint density at radius 2 is 1.67 bits per heavy atom. The molecule has 172 valence electrons. The number of morpholine rings is 1. The molecule has 0 unspecified atom stereocenters.